The maximum absolute atomic E-state index is 14.6. The predicted molar refractivity (Wildman–Crippen MR) is 125 cm³/mol. The molecule has 0 fully saturated rings. The van der Waals surface area contributed by atoms with Gasteiger partial charge in [-0.15, -0.1) is 4.99 Å². The number of nitrogens with zero attached hydrogens (tertiary/aromatic N) is 5. The van der Waals surface area contributed by atoms with Gasteiger partial charge in [0, 0.05) is 19.2 Å². The first-order chi connectivity index (χ1) is 16.3. The number of rotatable bonds is 7. The summed E-state index contributed by atoms with van der Waals surface area (Å²) in [5.74, 6) is -1.31. The molecule has 0 bridgehead atoms. The van der Waals surface area contributed by atoms with Gasteiger partial charge in [0.1, 0.15) is 21.5 Å². The molecule has 2 amide bonds. The zero-order valence-corrected chi connectivity index (χ0v) is 19.4. The van der Waals surface area contributed by atoms with Gasteiger partial charge in [0.15, 0.2) is 0 Å². The summed E-state index contributed by atoms with van der Waals surface area (Å²) in [5, 5.41) is 18.2. The molecule has 2 aromatic carbocycles. The summed E-state index contributed by atoms with van der Waals surface area (Å²) < 4.78 is 28.6. The lowest BCUT2D eigenvalue weighted by molar-refractivity contribution is -0.0805. The fraction of sp³-hybridized carbons (Fsp3) is 0.273. The third kappa shape index (κ3) is 5.27. The standard InChI is InChI=1S/C22H23F2N7O2S/c1-30(33-2)21(32)31-22(15-7-4-3-5-8-15,11-6-12-27-20(26)28-14-25)34-19(29-31)17-13-16(23)9-10-18(17)24/h3-5,7-10,13H,6,11-12H2,1-2H3,(H3,26,27,28). The number of carbonyl (C=O) groups excluding carboxylic acids is 1. The molecule has 3 rings (SSSR count). The number of hydroxylamine groups is 2. The number of halogens is 2. The van der Waals surface area contributed by atoms with E-state index in [9.17, 15) is 13.6 Å². The van der Waals surface area contributed by atoms with Crippen LogP contribution in [0.15, 0.2) is 58.6 Å². The van der Waals surface area contributed by atoms with E-state index in [1.807, 2.05) is 30.3 Å². The van der Waals surface area contributed by atoms with Crippen LogP contribution in [-0.2, 0) is 9.71 Å². The second-order valence-electron chi connectivity index (χ2n) is 7.18. The van der Waals surface area contributed by atoms with Crippen molar-refractivity contribution < 1.29 is 18.4 Å². The number of benzene rings is 2. The average Bonchev–Trinajstić information content (AvgIpc) is 3.23. The molecule has 0 aliphatic carbocycles. The second-order valence-corrected chi connectivity index (χ2v) is 8.45. The monoisotopic (exact) mass is 487 g/mol. The van der Waals surface area contributed by atoms with E-state index in [0.717, 1.165) is 40.6 Å². The van der Waals surface area contributed by atoms with Crippen molar-refractivity contribution in [2.24, 2.45) is 15.8 Å². The molecule has 0 saturated heterocycles. The van der Waals surface area contributed by atoms with E-state index in [-0.39, 0.29) is 16.6 Å². The SMILES string of the molecule is CON(C)C(=O)N1N=C(c2cc(F)ccc2F)SC1(CCCN/C(N)=N\C#N)c1ccccc1. The zero-order valence-electron chi connectivity index (χ0n) is 18.5. The Balaban J connectivity index is 2.04. The Labute approximate surface area is 199 Å². The summed E-state index contributed by atoms with van der Waals surface area (Å²) in [7, 11) is 2.77. The topological polar surface area (TPSA) is 119 Å². The molecule has 1 aliphatic heterocycles. The highest BCUT2D eigenvalue weighted by Crippen LogP contribution is 2.50. The largest absolute Gasteiger partial charge is 0.369 e. The van der Waals surface area contributed by atoms with Crippen LogP contribution in [0.3, 0.4) is 0 Å². The Morgan fingerprint density at radius 2 is 2.09 bits per heavy atom. The number of aliphatic imine (C=N–C) groups is 1. The molecule has 1 aliphatic rings. The van der Waals surface area contributed by atoms with Gasteiger partial charge in [0.25, 0.3) is 0 Å². The number of nitrogens with one attached hydrogen (secondary N) is 1. The normalized spacial score (nSPS) is 17.8. The first-order valence-corrected chi connectivity index (χ1v) is 11.0. The quantitative estimate of drug-likeness (QED) is 0.203. The lowest BCUT2D eigenvalue weighted by Gasteiger charge is -2.37. The number of urea groups is 1. The molecular formula is C22H23F2N7O2S. The average molecular weight is 488 g/mol. The number of carbonyl (C=O) groups is 1. The predicted octanol–water partition coefficient (Wildman–Crippen LogP) is 3.31. The van der Waals surface area contributed by atoms with E-state index >= 15 is 0 Å². The molecule has 1 heterocycles. The number of thioether (sulfide) groups is 1. The van der Waals surface area contributed by atoms with Gasteiger partial charge in [0.05, 0.1) is 7.11 Å². The highest BCUT2D eigenvalue weighted by molar-refractivity contribution is 8.15. The highest BCUT2D eigenvalue weighted by Gasteiger charge is 2.49. The summed E-state index contributed by atoms with van der Waals surface area (Å²) in [6.07, 6.45) is 2.42. The molecule has 178 valence electrons. The van der Waals surface area contributed by atoms with Crippen LogP contribution in [0, 0.1) is 23.1 Å². The first-order valence-electron chi connectivity index (χ1n) is 10.2. The van der Waals surface area contributed by atoms with E-state index in [2.05, 4.69) is 15.4 Å². The molecule has 0 spiro atoms. The fourth-order valence-electron chi connectivity index (χ4n) is 3.39. The van der Waals surface area contributed by atoms with Gasteiger partial charge in [0.2, 0.25) is 12.2 Å². The zero-order chi connectivity index (χ0) is 24.7. The summed E-state index contributed by atoms with van der Waals surface area (Å²) in [6, 6.07) is 11.6. The van der Waals surface area contributed by atoms with Crippen molar-refractivity contribution in [2.45, 2.75) is 17.7 Å². The van der Waals surface area contributed by atoms with E-state index in [4.69, 9.17) is 15.8 Å². The van der Waals surface area contributed by atoms with Gasteiger partial charge in [-0.05, 0) is 36.6 Å². The van der Waals surface area contributed by atoms with Crippen molar-refractivity contribution in [3.05, 3.63) is 71.3 Å². The van der Waals surface area contributed by atoms with Gasteiger partial charge >= 0.3 is 6.03 Å². The van der Waals surface area contributed by atoms with E-state index in [1.54, 1.807) is 6.19 Å². The van der Waals surface area contributed by atoms with Crippen LogP contribution in [0.1, 0.15) is 24.0 Å². The maximum Gasteiger partial charge on any atom is 0.365 e. The van der Waals surface area contributed by atoms with Gasteiger partial charge in [-0.1, -0.05) is 42.1 Å². The van der Waals surface area contributed by atoms with Crippen LogP contribution in [0.25, 0.3) is 0 Å². The van der Waals surface area contributed by atoms with E-state index in [0.29, 0.717) is 19.4 Å². The third-order valence-electron chi connectivity index (χ3n) is 5.08. The number of hydrazone groups is 1. The van der Waals surface area contributed by atoms with Gasteiger partial charge in [-0.25, -0.2) is 18.6 Å². The number of nitrogens with two attached hydrogens (primary N) is 1. The maximum atomic E-state index is 14.6. The van der Waals surface area contributed by atoms with Crippen molar-refractivity contribution in [2.75, 3.05) is 20.7 Å². The molecule has 1 atom stereocenters. The molecule has 0 saturated carbocycles. The Morgan fingerprint density at radius 1 is 1.35 bits per heavy atom. The number of nitriles is 1. The molecule has 3 N–H and O–H groups in total. The lowest BCUT2D eigenvalue weighted by Crippen LogP contribution is -2.47. The van der Waals surface area contributed by atoms with Crippen molar-refractivity contribution in [3.8, 4) is 6.19 Å². The van der Waals surface area contributed by atoms with Crippen molar-refractivity contribution >= 4 is 28.8 Å². The molecule has 0 aromatic heterocycles. The van der Waals surface area contributed by atoms with Crippen LogP contribution in [0.4, 0.5) is 13.6 Å². The van der Waals surface area contributed by atoms with Gasteiger partial charge in [-0.3, -0.25) is 4.84 Å². The van der Waals surface area contributed by atoms with Crippen molar-refractivity contribution in [3.63, 3.8) is 0 Å². The minimum Gasteiger partial charge on any atom is -0.369 e. The molecule has 9 nitrogen and oxygen atoms in total. The van der Waals surface area contributed by atoms with Crippen LogP contribution < -0.4 is 11.1 Å². The van der Waals surface area contributed by atoms with Crippen molar-refractivity contribution in [1.82, 2.24) is 15.4 Å². The molecule has 2 aromatic rings. The second kappa shape index (κ2) is 11.0. The smallest absolute Gasteiger partial charge is 0.365 e. The summed E-state index contributed by atoms with van der Waals surface area (Å²) in [4.78, 5) is 20.7. The van der Waals surface area contributed by atoms with Gasteiger partial charge < -0.3 is 11.1 Å². The summed E-state index contributed by atoms with van der Waals surface area (Å²) in [5.41, 5.74) is 6.29. The minimum absolute atomic E-state index is 0.0267. The van der Waals surface area contributed by atoms with Crippen LogP contribution in [0.2, 0.25) is 0 Å². The lowest BCUT2D eigenvalue weighted by atomic mass is 10.0. The molecule has 34 heavy (non-hydrogen) atoms. The summed E-state index contributed by atoms with van der Waals surface area (Å²) >= 11 is 1.15. The molecule has 12 heteroatoms. The van der Waals surface area contributed by atoms with Gasteiger partial charge in [-0.2, -0.15) is 15.4 Å². The minimum atomic E-state index is -1.10. The number of amides is 2. The first kappa shape index (κ1) is 24.9. The Hall–Kier alpha value is -3.69. The van der Waals surface area contributed by atoms with Crippen LogP contribution >= 0.6 is 11.8 Å². The Kier molecular flexibility index (Phi) is 8.04. The molecular weight excluding hydrogens is 464 g/mol. The Bertz CT molecular complexity index is 1140. The number of hydrogen-bond donors (Lipinski definition) is 2. The molecule has 1 unspecified atom stereocenters. The number of hydrogen-bond acceptors (Lipinski definition) is 6. The van der Waals surface area contributed by atoms with E-state index in [1.165, 1.54) is 19.2 Å². The Morgan fingerprint density at radius 3 is 2.76 bits per heavy atom. The van der Waals surface area contributed by atoms with Crippen molar-refractivity contribution in [1.29, 1.82) is 5.26 Å². The van der Waals surface area contributed by atoms with Crippen LogP contribution in [-0.4, -0.2) is 47.8 Å². The van der Waals surface area contributed by atoms with Crippen LogP contribution in [0.5, 0.6) is 0 Å². The number of guanidine groups is 1. The molecule has 0 radical (unpaired) electrons. The third-order valence-corrected chi connectivity index (χ3v) is 6.52. The fourth-order valence-corrected chi connectivity index (χ4v) is 4.81. The summed E-state index contributed by atoms with van der Waals surface area (Å²) in [6.45, 7) is 0.345. The van der Waals surface area contributed by atoms with E-state index < -0.39 is 22.5 Å². The highest BCUT2D eigenvalue weighted by atomic mass is 32.2.